The van der Waals surface area contributed by atoms with Crippen LogP contribution in [0.2, 0.25) is 0 Å². The Morgan fingerprint density at radius 2 is 1.14 bits per heavy atom. The predicted molar refractivity (Wildman–Crippen MR) is 20.8 cm³/mol. The normalized spacial score (nSPS) is 4.71. The van der Waals surface area contributed by atoms with E-state index in [2.05, 4.69) is 0 Å². The van der Waals surface area contributed by atoms with E-state index in [4.69, 9.17) is 5.11 Å². The average molecular weight is 118 g/mol. The summed E-state index contributed by atoms with van der Waals surface area (Å²) in [6.07, 6.45) is 0. The smallest absolute Gasteiger partial charge is 0.412 e. The van der Waals surface area contributed by atoms with E-state index in [9.17, 15) is 12.9 Å². The van der Waals surface area contributed by atoms with Crippen molar-refractivity contribution >= 4 is 7.54 Å². The van der Waals surface area contributed by atoms with E-state index in [0.29, 0.717) is 0 Å². The largest absolute Gasteiger partial charge is 0.762 e. The second kappa shape index (κ2) is 17.1. The van der Waals surface area contributed by atoms with E-state index in [-0.39, 0.29) is 5.48 Å². The molecule has 0 spiro atoms. The molecule has 0 aliphatic carbocycles. The van der Waals surface area contributed by atoms with Gasteiger partial charge in [-0.15, -0.1) is 0 Å². The van der Waals surface area contributed by atoms with Gasteiger partial charge in [-0.05, 0) is 0 Å². The van der Waals surface area contributed by atoms with Gasteiger partial charge >= 0.3 is 7.54 Å². The van der Waals surface area contributed by atoms with Crippen molar-refractivity contribution in [2.24, 2.45) is 0 Å². The van der Waals surface area contributed by atoms with Crippen LogP contribution in [0, 0.1) is 0 Å². The van der Waals surface area contributed by atoms with Crippen LogP contribution in [0.5, 0.6) is 0 Å². The van der Waals surface area contributed by atoms with Crippen LogP contribution in [0.15, 0.2) is 0 Å². The van der Waals surface area contributed by atoms with Crippen molar-refractivity contribution in [2.45, 2.75) is 0 Å². The summed E-state index contributed by atoms with van der Waals surface area (Å²) in [7, 11) is -2.67. The van der Waals surface area contributed by atoms with Gasteiger partial charge in [0.2, 0.25) is 0 Å². The molecule has 0 saturated carbocycles. The predicted octanol–water partition coefficient (Wildman–Crippen LogP) is -0.336. The molecule has 2 nitrogen and oxygen atoms in total. The first-order valence-corrected chi connectivity index (χ1v) is 1.10. The topological polar surface area (TPSA) is 51.7 Å². The lowest BCUT2D eigenvalue weighted by Crippen LogP contribution is -1.76. The molecule has 0 aromatic carbocycles. The van der Waals surface area contributed by atoms with E-state index in [0.717, 1.165) is 7.11 Å². The molecule has 0 unspecified atom stereocenters. The summed E-state index contributed by atoms with van der Waals surface area (Å²) < 4.78 is 29.0. The summed E-state index contributed by atoms with van der Waals surface area (Å²) in [5.41, 5.74) is 0. The maximum absolute atomic E-state index is 9.67. The third-order valence-electron chi connectivity index (χ3n) is 0. The highest BCUT2D eigenvalue weighted by molar-refractivity contribution is 6.33. The van der Waals surface area contributed by atoms with Gasteiger partial charge < -0.3 is 10.6 Å². The summed E-state index contributed by atoms with van der Waals surface area (Å²) >= 11 is 0. The second-order valence-electron chi connectivity index (χ2n) is 0.247. The van der Waals surface area contributed by atoms with Crippen LogP contribution in [0.1, 0.15) is 0 Å². The molecule has 0 saturated heterocycles. The molecule has 0 amide bonds. The lowest BCUT2D eigenvalue weighted by atomic mass is 10.5. The van der Waals surface area contributed by atoms with Crippen molar-refractivity contribution in [2.75, 3.05) is 7.11 Å². The zero-order valence-corrected chi connectivity index (χ0v) is 3.66. The maximum atomic E-state index is 9.67. The molecule has 0 aromatic heterocycles. The van der Waals surface area contributed by atoms with Gasteiger partial charge in [-0.3, -0.25) is 12.9 Å². The first-order chi connectivity index (χ1) is 2.73. The molecule has 6 heteroatoms. The number of hydrogen-bond donors (Lipinski definition) is 1. The lowest BCUT2D eigenvalue weighted by molar-refractivity contribution is 0.399. The molecule has 0 aliphatic rings. The van der Waals surface area contributed by atoms with Crippen molar-refractivity contribution in [3.8, 4) is 0 Å². The van der Waals surface area contributed by atoms with Gasteiger partial charge in [0.25, 0.3) is 0 Å². The number of aliphatic hydroxyl groups is 1. The maximum Gasteiger partial charge on any atom is 0.762 e. The van der Waals surface area contributed by atoms with Crippen LogP contribution in [0.25, 0.3) is 0 Å². The minimum absolute atomic E-state index is 0. The Morgan fingerprint density at radius 3 is 1.14 bits per heavy atom. The Balaban J connectivity index is -0.0000000480. The summed E-state index contributed by atoms with van der Waals surface area (Å²) in [6.45, 7) is 0. The molecule has 7 heavy (non-hydrogen) atoms. The lowest BCUT2D eigenvalue weighted by Gasteiger charge is -1.55. The Hall–Kier alpha value is -0.225. The van der Waals surface area contributed by atoms with E-state index in [1.54, 1.807) is 0 Å². The fourth-order valence-electron chi connectivity index (χ4n) is 0. The van der Waals surface area contributed by atoms with Crippen LogP contribution in [-0.2, 0) is 0 Å². The summed E-state index contributed by atoms with van der Waals surface area (Å²) in [4.78, 5) is 0. The minimum atomic E-state index is -3.67. The van der Waals surface area contributed by atoms with Crippen molar-refractivity contribution in [1.82, 2.24) is 0 Å². The third kappa shape index (κ3) is 1620. The number of hydrogen-bond acceptors (Lipinski definition) is 1. The minimum Gasteiger partial charge on any atom is -0.412 e. The van der Waals surface area contributed by atoms with Crippen molar-refractivity contribution in [3.05, 3.63) is 0 Å². The van der Waals surface area contributed by atoms with Crippen molar-refractivity contribution in [3.63, 3.8) is 0 Å². The quantitative estimate of drug-likeness (QED) is 0.434. The monoisotopic (exact) mass is 118 g/mol. The fraction of sp³-hybridized carbons (Fsp3) is 1.00. The molecule has 0 heterocycles. The number of aliphatic hydroxyl groups excluding tert-OH is 1. The Morgan fingerprint density at radius 1 is 1.14 bits per heavy atom. The van der Waals surface area contributed by atoms with Crippen LogP contribution in [0.3, 0.4) is 0 Å². The van der Waals surface area contributed by atoms with Crippen molar-refractivity contribution < 1.29 is 23.5 Å². The van der Waals surface area contributed by atoms with Crippen LogP contribution in [-0.4, -0.2) is 25.2 Å². The molecular weight excluding hydrogens is 112 g/mol. The molecule has 0 fully saturated rings. The first-order valence-electron chi connectivity index (χ1n) is 1.10. The highest BCUT2D eigenvalue weighted by atomic mass is 19.4. The summed E-state index contributed by atoms with van der Waals surface area (Å²) in [5.74, 6) is 0. The average Bonchev–Trinajstić information content (AvgIpc) is 1.41. The number of halogens is 3. The zero-order valence-electron chi connectivity index (χ0n) is 3.66. The van der Waals surface area contributed by atoms with Crippen LogP contribution < -0.4 is 0 Å². The molecule has 0 radical (unpaired) electrons. The molecule has 0 bridgehead atoms. The molecule has 0 rings (SSSR count). The first kappa shape index (κ1) is 15.9. The molecular formula is CH6BF3O2. The van der Waals surface area contributed by atoms with Gasteiger partial charge in [0.15, 0.2) is 0 Å². The molecule has 0 aliphatic heterocycles. The van der Waals surface area contributed by atoms with Crippen molar-refractivity contribution in [1.29, 1.82) is 0 Å². The Bertz CT molecular complexity index is 17.7. The van der Waals surface area contributed by atoms with E-state index < -0.39 is 7.54 Å². The van der Waals surface area contributed by atoms with Gasteiger partial charge in [-0.2, -0.15) is 0 Å². The molecule has 3 N–H and O–H groups in total. The van der Waals surface area contributed by atoms with E-state index in [1.165, 1.54) is 0 Å². The van der Waals surface area contributed by atoms with E-state index >= 15 is 0 Å². The van der Waals surface area contributed by atoms with Gasteiger partial charge in [-0.25, -0.2) is 0 Å². The number of rotatable bonds is 0. The van der Waals surface area contributed by atoms with Gasteiger partial charge in [0, 0.05) is 7.11 Å². The molecule has 46 valence electrons. The fourth-order valence-corrected chi connectivity index (χ4v) is 0. The van der Waals surface area contributed by atoms with Crippen LogP contribution in [0.4, 0.5) is 12.9 Å². The van der Waals surface area contributed by atoms with Gasteiger partial charge in [0.1, 0.15) is 0 Å². The Labute approximate surface area is 39.5 Å². The Kier molecular flexibility index (Phi) is 38.7. The second-order valence-corrected chi connectivity index (χ2v) is 0.247. The summed E-state index contributed by atoms with van der Waals surface area (Å²) in [6, 6.07) is 0. The van der Waals surface area contributed by atoms with E-state index in [1.807, 2.05) is 0 Å². The third-order valence-corrected chi connectivity index (χ3v) is 0. The molecule has 0 aromatic rings. The van der Waals surface area contributed by atoms with Gasteiger partial charge in [0.05, 0.1) is 0 Å². The summed E-state index contributed by atoms with van der Waals surface area (Å²) in [5, 5.41) is 7.00. The molecule has 0 atom stereocenters. The highest BCUT2D eigenvalue weighted by Crippen LogP contribution is 1.80. The zero-order chi connectivity index (χ0) is 5.58. The van der Waals surface area contributed by atoms with Crippen LogP contribution >= 0.6 is 0 Å². The SMILES string of the molecule is CO.FB(F)F.O. The standard InChI is InChI=1S/CH4O.BF3.H2O/c1-2;2-1(3)4;/h2H,1H3;;1H2. The van der Waals surface area contributed by atoms with Gasteiger partial charge in [-0.1, -0.05) is 0 Å². The highest BCUT2D eigenvalue weighted by Gasteiger charge is 2.06.